The van der Waals surface area contributed by atoms with Crippen molar-refractivity contribution in [1.82, 2.24) is 15.0 Å². The Balaban J connectivity index is 1.68. The zero-order valence-corrected chi connectivity index (χ0v) is 13.5. The zero-order valence-electron chi connectivity index (χ0n) is 13.5. The molecule has 25 heavy (non-hydrogen) atoms. The van der Waals surface area contributed by atoms with Gasteiger partial charge in [-0.05, 0) is 25.0 Å². The molecule has 0 saturated carbocycles. The number of hydrogen-bond donors (Lipinski definition) is 0. The van der Waals surface area contributed by atoms with Gasteiger partial charge in [0.05, 0.1) is 26.0 Å². The van der Waals surface area contributed by atoms with Gasteiger partial charge in [0.1, 0.15) is 17.6 Å². The average Bonchev–Trinajstić information content (AvgIpc) is 2.62. The third-order valence-corrected chi connectivity index (χ3v) is 3.84. The van der Waals surface area contributed by atoms with Gasteiger partial charge in [-0.25, -0.2) is 4.98 Å². The molecule has 9 heteroatoms. The molecule has 6 nitrogen and oxygen atoms in total. The Bertz CT molecular complexity index is 709. The normalized spacial score (nSPS) is 18.1. The molecule has 0 amide bonds. The fourth-order valence-electron chi connectivity index (χ4n) is 2.62. The van der Waals surface area contributed by atoms with Crippen LogP contribution in [0.4, 0.5) is 19.0 Å². The molecule has 0 radical (unpaired) electrons. The van der Waals surface area contributed by atoms with Crippen molar-refractivity contribution in [3.63, 3.8) is 0 Å². The number of pyridine rings is 1. The van der Waals surface area contributed by atoms with Crippen LogP contribution in [-0.4, -0.2) is 41.3 Å². The predicted molar refractivity (Wildman–Crippen MR) is 83.7 cm³/mol. The van der Waals surface area contributed by atoms with Crippen molar-refractivity contribution in [2.75, 3.05) is 25.1 Å². The summed E-state index contributed by atoms with van der Waals surface area (Å²) in [6, 6.07) is 4.11. The van der Waals surface area contributed by atoms with E-state index in [0.29, 0.717) is 24.7 Å². The van der Waals surface area contributed by atoms with E-state index in [1.165, 1.54) is 25.6 Å². The third kappa shape index (κ3) is 4.28. The summed E-state index contributed by atoms with van der Waals surface area (Å²) < 4.78 is 49.2. The van der Waals surface area contributed by atoms with Crippen LogP contribution in [0.15, 0.2) is 30.6 Å². The Labute approximate surface area is 142 Å². The van der Waals surface area contributed by atoms with Crippen molar-refractivity contribution in [1.29, 1.82) is 0 Å². The number of alkyl halides is 3. The monoisotopic (exact) mass is 354 g/mol. The van der Waals surface area contributed by atoms with E-state index < -0.39 is 11.9 Å². The van der Waals surface area contributed by atoms with E-state index >= 15 is 0 Å². The van der Waals surface area contributed by atoms with Gasteiger partial charge in [-0.15, -0.1) is 0 Å². The maximum atomic E-state index is 12.8. The van der Waals surface area contributed by atoms with E-state index in [2.05, 4.69) is 15.0 Å². The number of hydrogen-bond acceptors (Lipinski definition) is 6. The lowest BCUT2D eigenvalue weighted by Crippen LogP contribution is -2.42. The molecule has 3 heterocycles. The maximum Gasteiger partial charge on any atom is 0.433 e. The van der Waals surface area contributed by atoms with Gasteiger partial charge >= 0.3 is 12.2 Å². The van der Waals surface area contributed by atoms with Gasteiger partial charge in [0.15, 0.2) is 5.75 Å². The van der Waals surface area contributed by atoms with Gasteiger partial charge in [0, 0.05) is 6.54 Å². The standard InChI is InChI=1S/C16H17F3N4O2/c1-24-12-8-20-15(21-9-12)25-11-4-3-7-23(10-11)14-6-2-5-13(22-14)16(17,18)19/h2,5-6,8-9,11H,3-4,7,10H2,1H3. The van der Waals surface area contributed by atoms with E-state index in [9.17, 15) is 13.2 Å². The number of nitrogens with zero attached hydrogens (tertiary/aromatic N) is 4. The molecule has 3 rings (SSSR count). The molecule has 0 aromatic carbocycles. The first-order valence-corrected chi connectivity index (χ1v) is 7.77. The van der Waals surface area contributed by atoms with E-state index in [4.69, 9.17) is 9.47 Å². The highest BCUT2D eigenvalue weighted by Gasteiger charge is 2.33. The molecule has 1 unspecified atom stereocenters. The van der Waals surface area contributed by atoms with E-state index in [0.717, 1.165) is 18.9 Å². The van der Waals surface area contributed by atoms with Crippen LogP contribution in [0.2, 0.25) is 0 Å². The van der Waals surface area contributed by atoms with Gasteiger partial charge in [-0.3, -0.25) is 0 Å². The Morgan fingerprint density at radius 3 is 2.64 bits per heavy atom. The first-order valence-electron chi connectivity index (χ1n) is 7.77. The summed E-state index contributed by atoms with van der Waals surface area (Å²) >= 11 is 0. The quantitative estimate of drug-likeness (QED) is 0.841. The lowest BCUT2D eigenvalue weighted by atomic mass is 10.1. The largest absolute Gasteiger partial charge is 0.494 e. The van der Waals surface area contributed by atoms with Crippen LogP contribution in [0.1, 0.15) is 18.5 Å². The molecule has 0 bridgehead atoms. The summed E-state index contributed by atoms with van der Waals surface area (Å²) in [7, 11) is 1.51. The van der Waals surface area contributed by atoms with Gasteiger partial charge in [0.2, 0.25) is 0 Å². The van der Waals surface area contributed by atoms with Crippen molar-refractivity contribution >= 4 is 5.82 Å². The van der Waals surface area contributed by atoms with E-state index in [1.54, 1.807) is 11.0 Å². The summed E-state index contributed by atoms with van der Waals surface area (Å²) in [5.74, 6) is 0.810. The van der Waals surface area contributed by atoms with Crippen LogP contribution in [-0.2, 0) is 6.18 Å². The van der Waals surface area contributed by atoms with Crippen LogP contribution < -0.4 is 14.4 Å². The molecule has 2 aromatic rings. The molecule has 1 aliphatic rings. The Morgan fingerprint density at radius 1 is 1.20 bits per heavy atom. The number of ether oxygens (including phenoxy) is 2. The summed E-state index contributed by atoms with van der Waals surface area (Å²) in [5, 5.41) is 0. The van der Waals surface area contributed by atoms with Crippen molar-refractivity contribution < 1.29 is 22.6 Å². The predicted octanol–water partition coefficient (Wildman–Crippen LogP) is 2.95. The second-order valence-corrected chi connectivity index (χ2v) is 5.61. The molecule has 2 aromatic heterocycles. The summed E-state index contributed by atoms with van der Waals surface area (Å²) in [4.78, 5) is 13.6. The molecule has 1 atom stereocenters. The highest BCUT2D eigenvalue weighted by molar-refractivity contribution is 5.40. The van der Waals surface area contributed by atoms with E-state index in [-0.39, 0.29) is 12.1 Å². The van der Waals surface area contributed by atoms with Crippen LogP contribution in [0, 0.1) is 0 Å². The maximum absolute atomic E-state index is 12.8. The van der Waals surface area contributed by atoms with Gasteiger partial charge < -0.3 is 14.4 Å². The molecule has 0 aliphatic carbocycles. The molecular formula is C16H17F3N4O2. The highest BCUT2D eigenvalue weighted by Crippen LogP contribution is 2.29. The topological polar surface area (TPSA) is 60.4 Å². The SMILES string of the molecule is COc1cnc(OC2CCCN(c3cccc(C(F)(F)F)n3)C2)nc1. The molecule has 1 aliphatic heterocycles. The number of piperidine rings is 1. The summed E-state index contributed by atoms with van der Waals surface area (Å²) in [5.41, 5.74) is -0.897. The number of rotatable bonds is 4. The van der Waals surface area contributed by atoms with E-state index in [1.807, 2.05) is 0 Å². The van der Waals surface area contributed by atoms with Crippen molar-refractivity contribution in [3.8, 4) is 11.8 Å². The lowest BCUT2D eigenvalue weighted by Gasteiger charge is -2.33. The smallest absolute Gasteiger partial charge is 0.433 e. The molecular weight excluding hydrogens is 337 g/mol. The van der Waals surface area contributed by atoms with Crippen LogP contribution in [0.5, 0.6) is 11.8 Å². The molecule has 134 valence electrons. The average molecular weight is 354 g/mol. The number of halogens is 3. The number of anilines is 1. The molecule has 0 N–H and O–H groups in total. The summed E-state index contributed by atoms with van der Waals surface area (Å²) in [6.45, 7) is 1.04. The minimum atomic E-state index is -4.46. The second-order valence-electron chi connectivity index (χ2n) is 5.61. The zero-order chi connectivity index (χ0) is 17.9. The van der Waals surface area contributed by atoms with Crippen molar-refractivity contribution in [2.45, 2.75) is 25.1 Å². The molecule has 1 fully saturated rings. The van der Waals surface area contributed by atoms with Crippen molar-refractivity contribution in [2.24, 2.45) is 0 Å². The summed E-state index contributed by atoms with van der Waals surface area (Å²) in [6.07, 6.45) is -0.143. The molecule has 1 saturated heterocycles. The molecule has 0 spiro atoms. The second kappa shape index (κ2) is 7.12. The first kappa shape index (κ1) is 17.2. The highest BCUT2D eigenvalue weighted by atomic mass is 19.4. The Hall–Kier alpha value is -2.58. The van der Waals surface area contributed by atoms with Gasteiger partial charge in [-0.1, -0.05) is 6.07 Å². The lowest BCUT2D eigenvalue weighted by molar-refractivity contribution is -0.141. The fourth-order valence-corrected chi connectivity index (χ4v) is 2.62. The fraction of sp³-hybridized carbons (Fsp3) is 0.438. The Kier molecular flexibility index (Phi) is 4.91. The van der Waals surface area contributed by atoms with Gasteiger partial charge in [0.25, 0.3) is 0 Å². The number of methoxy groups -OCH3 is 1. The number of aromatic nitrogens is 3. The first-order chi connectivity index (χ1) is 12.0. The van der Waals surface area contributed by atoms with Gasteiger partial charge in [-0.2, -0.15) is 23.1 Å². The van der Waals surface area contributed by atoms with Crippen LogP contribution >= 0.6 is 0 Å². The minimum absolute atomic E-state index is 0.213. The van der Waals surface area contributed by atoms with Crippen molar-refractivity contribution in [3.05, 3.63) is 36.3 Å². The minimum Gasteiger partial charge on any atom is -0.494 e. The van der Waals surface area contributed by atoms with Crippen LogP contribution in [0.3, 0.4) is 0 Å². The Morgan fingerprint density at radius 2 is 1.96 bits per heavy atom. The van der Waals surface area contributed by atoms with Crippen LogP contribution in [0.25, 0.3) is 0 Å². The third-order valence-electron chi connectivity index (χ3n) is 3.84.